The quantitative estimate of drug-likeness (QED) is 0.921. The van der Waals surface area contributed by atoms with Gasteiger partial charge in [-0.2, -0.15) is 0 Å². The van der Waals surface area contributed by atoms with Gasteiger partial charge in [0.25, 0.3) is 0 Å². The lowest BCUT2D eigenvalue weighted by atomic mass is 10.1. The minimum Gasteiger partial charge on any atom is -0.366 e. The molecule has 0 aliphatic carbocycles. The van der Waals surface area contributed by atoms with Crippen LogP contribution in [0.3, 0.4) is 0 Å². The highest BCUT2D eigenvalue weighted by molar-refractivity contribution is 7.91. The second-order valence-electron chi connectivity index (χ2n) is 5.98. The van der Waals surface area contributed by atoms with Crippen molar-refractivity contribution >= 4 is 27.1 Å². The summed E-state index contributed by atoms with van der Waals surface area (Å²) in [6, 6.07) is 6.39. The molecule has 0 aromatic heterocycles. The van der Waals surface area contributed by atoms with Crippen LogP contribution in [0.1, 0.15) is 26.3 Å². The Balaban J connectivity index is 2.14. The summed E-state index contributed by atoms with van der Waals surface area (Å²) in [5.41, 5.74) is 2.06. The largest absolute Gasteiger partial charge is 0.366 e. The molecule has 1 aliphatic rings. The van der Waals surface area contributed by atoms with E-state index in [-0.39, 0.29) is 17.5 Å². The molecule has 2 rings (SSSR count). The molecule has 6 heteroatoms. The van der Waals surface area contributed by atoms with Gasteiger partial charge >= 0.3 is 0 Å². The Kier molecular flexibility index (Phi) is 5.17. The van der Waals surface area contributed by atoms with Crippen LogP contribution >= 0.6 is 11.6 Å². The van der Waals surface area contributed by atoms with Gasteiger partial charge in [-0.15, -0.1) is 0 Å². The lowest BCUT2D eigenvalue weighted by Crippen LogP contribution is -2.47. The molecule has 1 aromatic rings. The Labute approximate surface area is 132 Å². The highest BCUT2D eigenvalue weighted by Crippen LogP contribution is 2.30. The van der Waals surface area contributed by atoms with Crippen LogP contribution in [-0.4, -0.2) is 38.6 Å². The van der Waals surface area contributed by atoms with E-state index in [4.69, 9.17) is 11.6 Å². The first-order chi connectivity index (χ1) is 9.78. The number of hydrogen-bond acceptors (Lipinski definition) is 4. The zero-order chi connectivity index (χ0) is 15.6. The lowest BCUT2D eigenvalue weighted by Gasteiger charge is -2.35. The summed E-state index contributed by atoms with van der Waals surface area (Å²) in [5, 5.41) is 4.04. The van der Waals surface area contributed by atoms with Crippen molar-refractivity contribution < 1.29 is 8.42 Å². The number of hydrogen-bond donors (Lipinski definition) is 1. The van der Waals surface area contributed by atoms with Crippen molar-refractivity contribution in [1.82, 2.24) is 5.32 Å². The predicted octanol–water partition coefficient (Wildman–Crippen LogP) is 2.46. The zero-order valence-electron chi connectivity index (χ0n) is 12.8. The van der Waals surface area contributed by atoms with Crippen molar-refractivity contribution in [2.24, 2.45) is 0 Å². The molecule has 0 radical (unpaired) electrons. The first kappa shape index (κ1) is 16.6. The molecule has 1 saturated heterocycles. The molecule has 1 fully saturated rings. The number of benzene rings is 1. The minimum atomic E-state index is -2.91. The van der Waals surface area contributed by atoms with E-state index in [2.05, 4.69) is 24.1 Å². The van der Waals surface area contributed by atoms with Gasteiger partial charge < -0.3 is 10.2 Å². The average molecular weight is 331 g/mol. The maximum Gasteiger partial charge on any atom is 0.154 e. The summed E-state index contributed by atoms with van der Waals surface area (Å²) in [6.45, 7) is 7.42. The monoisotopic (exact) mass is 330 g/mol. The third-order valence-electron chi connectivity index (χ3n) is 3.71. The van der Waals surface area contributed by atoms with Gasteiger partial charge in [0.15, 0.2) is 9.84 Å². The fourth-order valence-electron chi connectivity index (χ4n) is 2.57. The number of rotatable bonds is 4. The van der Waals surface area contributed by atoms with Gasteiger partial charge in [0.2, 0.25) is 0 Å². The summed E-state index contributed by atoms with van der Waals surface area (Å²) < 4.78 is 23.3. The van der Waals surface area contributed by atoms with E-state index in [0.717, 1.165) is 17.8 Å². The van der Waals surface area contributed by atoms with Crippen LogP contribution in [0.2, 0.25) is 5.02 Å². The van der Waals surface area contributed by atoms with Crippen molar-refractivity contribution in [1.29, 1.82) is 0 Å². The fourth-order valence-corrected chi connectivity index (χ4v) is 4.44. The molecule has 1 N–H and O–H groups in total. The maximum absolute atomic E-state index is 11.7. The predicted molar refractivity (Wildman–Crippen MR) is 88.9 cm³/mol. The van der Waals surface area contributed by atoms with Crippen LogP contribution < -0.4 is 10.2 Å². The van der Waals surface area contributed by atoms with Gasteiger partial charge in [0, 0.05) is 25.2 Å². The van der Waals surface area contributed by atoms with Gasteiger partial charge in [-0.1, -0.05) is 31.5 Å². The molecule has 1 unspecified atom stereocenters. The third-order valence-corrected chi connectivity index (χ3v) is 5.80. The van der Waals surface area contributed by atoms with E-state index < -0.39 is 9.84 Å². The summed E-state index contributed by atoms with van der Waals surface area (Å²) in [6.07, 6.45) is 0. The second-order valence-corrected chi connectivity index (χ2v) is 8.61. The fraction of sp³-hybridized carbons (Fsp3) is 0.600. The molecule has 1 heterocycles. The van der Waals surface area contributed by atoms with Gasteiger partial charge in [-0.3, -0.25) is 0 Å². The molecule has 0 bridgehead atoms. The molecule has 21 heavy (non-hydrogen) atoms. The number of sulfone groups is 1. The third kappa shape index (κ3) is 4.34. The standard InChI is InChI=1S/C15H23ClN2O2S/c1-11(2)17-9-13-4-5-15(14(16)8-13)18-6-7-21(19,20)10-12(18)3/h4-5,8,11-12,17H,6-7,9-10H2,1-3H3. The Morgan fingerprint density at radius 3 is 2.71 bits per heavy atom. The van der Waals surface area contributed by atoms with Gasteiger partial charge in [0.05, 0.1) is 22.2 Å². The number of halogens is 1. The van der Waals surface area contributed by atoms with Gasteiger partial charge in [0.1, 0.15) is 0 Å². The van der Waals surface area contributed by atoms with Crippen LogP contribution in [0.15, 0.2) is 18.2 Å². The van der Waals surface area contributed by atoms with Crippen LogP contribution in [0.5, 0.6) is 0 Å². The summed E-state index contributed by atoms with van der Waals surface area (Å²) in [7, 11) is -2.91. The first-order valence-electron chi connectivity index (χ1n) is 7.27. The Hall–Kier alpha value is -0.780. The van der Waals surface area contributed by atoms with Crippen molar-refractivity contribution in [2.45, 2.75) is 39.4 Å². The minimum absolute atomic E-state index is 0.0408. The zero-order valence-corrected chi connectivity index (χ0v) is 14.3. The molecular weight excluding hydrogens is 308 g/mol. The van der Waals surface area contributed by atoms with Crippen LogP contribution in [0, 0.1) is 0 Å². The van der Waals surface area contributed by atoms with E-state index in [1.165, 1.54) is 0 Å². The van der Waals surface area contributed by atoms with Crippen molar-refractivity contribution in [2.75, 3.05) is 23.0 Å². The molecular formula is C15H23ClN2O2S. The Morgan fingerprint density at radius 2 is 2.14 bits per heavy atom. The number of anilines is 1. The molecule has 1 aliphatic heterocycles. The van der Waals surface area contributed by atoms with Crippen LogP contribution in [0.4, 0.5) is 5.69 Å². The highest BCUT2D eigenvalue weighted by atomic mass is 35.5. The second kappa shape index (κ2) is 6.55. The molecule has 0 amide bonds. The van der Waals surface area contributed by atoms with Crippen molar-refractivity contribution in [3.8, 4) is 0 Å². The SMILES string of the molecule is CC(C)NCc1ccc(N2CCS(=O)(=O)CC2C)c(Cl)c1. The molecule has 1 atom stereocenters. The summed E-state index contributed by atoms with van der Waals surface area (Å²) in [5.74, 6) is 0.393. The maximum atomic E-state index is 11.7. The van der Waals surface area contributed by atoms with E-state index in [1.807, 2.05) is 25.1 Å². The lowest BCUT2D eigenvalue weighted by molar-refractivity contribution is 0.568. The van der Waals surface area contributed by atoms with Gasteiger partial charge in [-0.05, 0) is 24.6 Å². The average Bonchev–Trinajstić information content (AvgIpc) is 2.36. The molecule has 118 valence electrons. The molecule has 0 spiro atoms. The summed E-state index contributed by atoms with van der Waals surface area (Å²) in [4.78, 5) is 2.09. The van der Waals surface area contributed by atoms with E-state index in [9.17, 15) is 8.42 Å². The molecule has 4 nitrogen and oxygen atoms in total. The molecule has 1 aromatic carbocycles. The van der Waals surface area contributed by atoms with Crippen molar-refractivity contribution in [3.63, 3.8) is 0 Å². The van der Waals surface area contributed by atoms with E-state index in [0.29, 0.717) is 17.6 Å². The van der Waals surface area contributed by atoms with Crippen LogP contribution in [0.25, 0.3) is 0 Å². The van der Waals surface area contributed by atoms with Gasteiger partial charge in [-0.25, -0.2) is 8.42 Å². The smallest absolute Gasteiger partial charge is 0.154 e. The number of nitrogens with one attached hydrogen (secondary N) is 1. The number of nitrogens with zero attached hydrogens (tertiary/aromatic N) is 1. The van der Waals surface area contributed by atoms with E-state index in [1.54, 1.807) is 0 Å². The summed E-state index contributed by atoms with van der Waals surface area (Å²) >= 11 is 6.40. The Morgan fingerprint density at radius 1 is 1.43 bits per heavy atom. The normalized spacial score (nSPS) is 21.8. The molecule has 0 saturated carbocycles. The van der Waals surface area contributed by atoms with Crippen molar-refractivity contribution in [3.05, 3.63) is 28.8 Å². The van der Waals surface area contributed by atoms with E-state index >= 15 is 0 Å². The first-order valence-corrected chi connectivity index (χ1v) is 9.47. The van der Waals surface area contributed by atoms with Crippen LogP contribution in [-0.2, 0) is 16.4 Å². The Bertz CT molecular complexity index is 602. The topological polar surface area (TPSA) is 49.4 Å². The highest BCUT2D eigenvalue weighted by Gasteiger charge is 2.29.